The quantitative estimate of drug-likeness (QED) is 0.655. The molecule has 3 N–H and O–H groups in total. The number of aryl methyl sites for hydroxylation is 1. The van der Waals surface area contributed by atoms with Gasteiger partial charge in [0.05, 0.1) is 17.2 Å². The van der Waals surface area contributed by atoms with Crippen LogP contribution in [0.15, 0.2) is 42.5 Å². The van der Waals surface area contributed by atoms with Crippen LogP contribution in [-0.4, -0.2) is 29.2 Å². The van der Waals surface area contributed by atoms with Gasteiger partial charge in [-0.25, -0.2) is 0 Å². The van der Waals surface area contributed by atoms with Gasteiger partial charge in [-0.2, -0.15) is 0 Å². The lowest BCUT2D eigenvalue weighted by molar-refractivity contribution is -0.122. The number of rotatable bonds is 3. The van der Waals surface area contributed by atoms with Crippen LogP contribution in [-0.2, 0) is 11.2 Å². The molecule has 0 saturated heterocycles. The summed E-state index contributed by atoms with van der Waals surface area (Å²) in [6, 6.07) is 12.7. The van der Waals surface area contributed by atoms with Gasteiger partial charge in [0.25, 0.3) is 11.8 Å². The first kappa shape index (κ1) is 16.3. The van der Waals surface area contributed by atoms with E-state index in [2.05, 4.69) is 11.4 Å². The van der Waals surface area contributed by atoms with Gasteiger partial charge in [-0.05, 0) is 42.5 Å². The summed E-state index contributed by atoms with van der Waals surface area (Å²) in [7, 11) is 0. The SMILES string of the molecule is Nc1cccc2c1C(=O)N(CC(=O)NC1CCCc3ccccc31)C2=O. The second-order valence-electron chi connectivity index (χ2n) is 6.68. The van der Waals surface area contributed by atoms with E-state index < -0.39 is 11.8 Å². The Morgan fingerprint density at radius 1 is 1.12 bits per heavy atom. The summed E-state index contributed by atoms with van der Waals surface area (Å²) in [6.07, 6.45) is 2.84. The molecule has 1 atom stereocenters. The molecule has 1 aliphatic carbocycles. The summed E-state index contributed by atoms with van der Waals surface area (Å²) >= 11 is 0. The fourth-order valence-electron chi connectivity index (χ4n) is 3.79. The number of amides is 3. The van der Waals surface area contributed by atoms with Crippen LogP contribution < -0.4 is 11.1 Å². The minimum Gasteiger partial charge on any atom is -0.398 e. The van der Waals surface area contributed by atoms with E-state index >= 15 is 0 Å². The maximum absolute atomic E-state index is 12.5. The van der Waals surface area contributed by atoms with Crippen LogP contribution >= 0.6 is 0 Å². The number of carbonyl (C=O) groups excluding carboxylic acids is 3. The van der Waals surface area contributed by atoms with Crippen LogP contribution in [0.1, 0.15) is 50.7 Å². The molecule has 0 aromatic heterocycles. The van der Waals surface area contributed by atoms with Crippen molar-refractivity contribution in [1.82, 2.24) is 10.2 Å². The van der Waals surface area contributed by atoms with E-state index in [1.54, 1.807) is 18.2 Å². The van der Waals surface area contributed by atoms with Crippen LogP contribution in [0.3, 0.4) is 0 Å². The Labute approximate surface area is 151 Å². The molecule has 1 aliphatic heterocycles. The zero-order valence-electron chi connectivity index (χ0n) is 14.2. The minimum absolute atomic E-state index is 0.0901. The number of benzene rings is 2. The zero-order chi connectivity index (χ0) is 18.3. The molecule has 132 valence electrons. The van der Waals surface area contributed by atoms with Gasteiger partial charge in [-0.15, -0.1) is 0 Å². The van der Waals surface area contributed by atoms with Gasteiger partial charge >= 0.3 is 0 Å². The Morgan fingerprint density at radius 3 is 2.73 bits per heavy atom. The maximum atomic E-state index is 12.5. The van der Waals surface area contributed by atoms with Gasteiger partial charge in [-0.1, -0.05) is 30.3 Å². The fraction of sp³-hybridized carbons (Fsp3) is 0.250. The molecule has 2 aromatic rings. The first-order valence-electron chi connectivity index (χ1n) is 8.68. The van der Waals surface area contributed by atoms with Gasteiger partial charge in [0.1, 0.15) is 6.54 Å². The lowest BCUT2D eigenvalue weighted by Gasteiger charge is -2.27. The Kier molecular flexibility index (Phi) is 3.95. The standard InChI is InChI=1S/C20H19N3O3/c21-15-9-4-8-14-18(15)20(26)23(19(14)25)11-17(24)22-16-10-3-6-12-5-1-2-7-13(12)16/h1-2,4-5,7-9,16H,3,6,10-11,21H2,(H,22,24). The number of anilines is 1. The summed E-state index contributed by atoms with van der Waals surface area (Å²) in [5.74, 6) is -1.33. The summed E-state index contributed by atoms with van der Waals surface area (Å²) < 4.78 is 0. The van der Waals surface area contributed by atoms with Crippen molar-refractivity contribution in [3.8, 4) is 0 Å². The number of hydrogen-bond acceptors (Lipinski definition) is 4. The molecule has 2 aliphatic rings. The van der Waals surface area contributed by atoms with Crippen LogP contribution in [0.2, 0.25) is 0 Å². The second-order valence-corrected chi connectivity index (χ2v) is 6.68. The highest BCUT2D eigenvalue weighted by atomic mass is 16.2. The van der Waals surface area contributed by atoms with Crippen LogP contribution in [0.5, 0.6) is 0 Å². The molecule has 26 heavy (non-hydrogen) atoms. The Hall–Kier alpha value is -3.15. The monoisotopic (exact) mass is 349 g/mol. The molecular formula is C20H19N3O3. The number of hydrogen-bond donors (Lipinski definition) is 2. The van der Waals surface area contributed by atoms with Crippen molar-refractivity contribution < 1.29 is 14.4 Å². The number of nitrogens with two attached hydrogens (primary N) is 1. The number of fused-ring (bicyclic) bond motifs is 2. The first-order valence-corrected chi connectivity index (χ1v) is 8.68. The van der Waals surface area contributed by atoms with E-state index in [0.717, 1.165) is 29.7 Å². The van der Waals surface area contributed by atoms with Crippen LogP contribution in [0, 0.1) is 0 Å². The molecule has 6 nitrogen and oxygen atoms in total. The van der Waals surface area contributed by atoms with Crippen molar-refractivity contribution in [1.29, 1.82) is 0 Å². The molecule has 3 amide bonds. The van der Waals surface area contributed by atoms with Crippen molar-refractivity contribution in [2.45, 2.75) is 25.3 Å². The third-order valence-electron chi connectivity index (χ3n) is 5.04. The zero-order valence-corrected chi connectivity index (χ0v) is 14.2. The molecule has 0 fully saturated rings. The van der Waals surface area contributed by atoms with Crippen molar-refractivity contribution in [2.24, 2.45) is 0 Å². The number of nitrogen functional groups attached to an aromatic ring is 1. The lowest BCUT2D eigenvalue weighted by atomic mass is 9.88. The van der Waals surface area contributed by atoms with Gasteiger partial charge in [0, 0.05) is 5.69 Å². The van der Waals surface area contributed by atoms with Crippen molar-refractivity contribution in [2.75, 3.05) is 12.3 Å². The average Bonchev–Trinajstić information content (AvgIpc) is 2.88. The molecule has 1 heterocycles. The van der Waals surface area contributed by atoms with Gasteiger partial charge in [-0.3, -0.25) is 19.3 Å². The molecule has 2 aromatic carbocycles. The normalized spacial score (nSPS) is 18.5. The van der Waals surface area contributed by atoms with Crippen molar-refractivity contribution in [3.63, 3.8) is 0 Å². The first-order chi connectivity index (χ1) is 12.6. The molecule has 0 saturated carbocycles. The molecule has 0 spiro atoms. The highest BCUT2D eigenvalue weighted by molar-refractivity contribution is 6.24. The predicted octanol–water partition coefficient (Wildman–Crippen LogP) is 2.06. The number of imide groups is 1. The topological polar surface area (TPSA) is 92.5 Å². The molecule has 0 bridgehead atoms. The predicted molar refractivity (Wildman–Crippen MR) is 96.5 cm³/mol. The van der Waals surface area contributed by atoms with Crippen molar-refractivity contribution >= 4 is 23.4 Å². The highest BCUT2D eigenvalue weighted by Gasteiger charge is 2.38. The van der Waals surface area contributed by atoms with E-state index in [-0.39, 0.29) is 35.3 Å². The summed E-state index contributed by atoms with van der Waals surface area (Å²) in [6.45, 7) is -0.301. The number of nitrogens with one attached hydrogen (secondary N) is 1. The number of nitrogens with zero attached hydrogens (tertiary/aromatic N) is 1. The molecular weight excluding hydrogens is 330 g/mol. The summed E-state index contributed by atoms with van der Waals surface area (Å²) in [5, 5.41) is 2.97. The van der Waals surface area contributed by atoms with Crippen LogP contribution in [0.25, 0.3) is 0 Å². The van der Waals surface area contributed by atoms with Gasteiger partial charge in [0.15, 0.2) is 0 Å². The summed E-state index contributed by atoms with van der Waals surface area (Å²) in [5.41, 5.74) is 8.86. The highest BCUT2D eigenvalue weighted by Crippen LogP contribution is 2.30. The van der Waals surface area contributed by atoms with E-state index in [4.69, 9.17) is 5.73 Å². The van der Waals surface area contributed by atoms with E-state index in [0.29, 0.717) is 0 Å². The fourth-order valence-corrected chi connectivity index (χ4v) is 3.79. The molecule has 0 radical (unpaired) electrons. The largest absolute Gasteiger partial charge is 0.398 e. The van der Waals surface area contributed by atoms with Crippen molar-refractivity contribution in [3.05, 3.63) is 64.7 Å². The number of carbonyl (C=O) groups is 3. The Balaban J connectivity index is 1.49. The second kappa shape index (κ2) is 6.29. The Bertz CT molecular complexity index is 922. The maximum Gasteiger partial charge on any atom is 0.264 e. The third-order valence-corrected chi connectivity index (χ3v) is 5.04. The van der Waals surface area contributed by atoms with E-state index in [1.165, 1.54) is 5.56 Å². The molecule has 1 unspecified atom stereocenters. The van der Waals surface area contributed by atoms with Crippen LogP contribution in [0.4, 0.5) is 5.69 Å². The average molecular weight is 349 g/mol. The van der Waals surface area contributed by atoms with E-state index in [1.807, 2.05) is 18.2 Å². The molecule has 6 heteroatoms. The smallest absolute Gasteiger partial charge is 0.264 e. The third kappa shape index (κ3) is 2.63. The molecule has 4 rings (SSSR count). The van der Waals surface area contributed by atoms with Gasteiger partial charge in [0.2, 0.25) is 5.91 Å². The van der Waals surface area contributed by atoms with E-state index in [9.17, 15) is 14.4 Å². The van der Waals surface area contributed by atoms with Gasteiger partial charge < -0.3 is 11.1 Å². The summed E-state index contributed by atoms with van der Waals surface area (Å²) in [4.78, 5) is 38.4. The lowest BCUT2D eigenvalue weighted by Crippen LogP contribution is -2.42. The Morgan fingerprint density at radius 2 is 1.92 bits per heavy atom. The minimum atomic E-state index is -0.512.